The molecule has 0 radical (unpaired) electrons. The number of benzene rings is 1. The summed E-state index contributed by atoms with van der Waals surface area (Å²) in [5.41, 5.74) is -0.564. The molecule has 0 saturated heterocycles. The highest BCUT2D eigenvalue weighted by Gasteiger charge is 2.22. The first-order chi connectivity index (χ1) is 9.05. The van der Waals surface area contributed by atoms with E-state index in [0.29, 0.717) is 11.3 Å². The first-order valence-corrected chi connectivity index (χ1v) is 6.33. The van der Waals surface area contributed by atoms with E-state index in [9.17, 15) is 9.18 Å². The Labute approximate surface area is 119 Å². The summed E-state index contributed by atoms with van der Waals surface area (Å²) in [4.78, 5) is 11.6. The number of halogens is 1. The van der Waals surface area contributed by atoms with E-state index in [-0.39, 0.29) is 0 Å². The Morgan fingerprint density at radius 3 is 2.35 bits per heavy atom. The molecule has 1 rings (SSSR count). The van der Waals surface area contributed by atoms with Crippen LogP contribution in [0, 0.1) is 18.2 Å². The molecule has 0 aliphatic heterocycles. The van der Waals surface area contributed by atoms with Crippen LogP contribution in [0.25, 0.3) is 0 Å². The predicted octanol–water partition coefficient (Wildman–Crippen LogP) is 4.08. The lowest BCUT2D eigenvalue weighted by molar-refractivity contribution is 0.0636. The molecule has 1 N–H and O–H groups in total. The molecule has 3 nitrogen and oxygen atoms in total. The van der Waals surface area contributed by atoms with Gasteiger partial charge in [0.2, 0.25) is 0 Å². The molecular formula is C16H20FNO2. The third-order valence-corrected chi connectivity index (χ3v) is 2.65. The number of carbonyl (C=O) groups is 1. The van der Waals surface area contributed by atoms with Gasteiger partial charge in [-0.15, -0.1) is 6.42 Å². The van der Waals surface area contributed by atoms with E-state index in [0.717, 1.165) is 0 Å². The molecule has 0 spiro atoms. The Morgan fingerprint density at radius 2 is 1.90 bits per heavy atom. The minimum atomic E-state index is -0.700. The number of ether oxygens (including phenoxy) is 1. The lowest BCUT2D eigenvalue weighted by Gasteiger charge is -2.21. The number of nitrogens with one attached hydrogen (secondary N) is 1. The fourth-order valence-electron chi connectivity index (χ4n) is 1.60. The fraction of sp³-hybridized carbons (Fsp3) is 0.438. The quantitative estimate of drug-likeness (QED) is 0.827. The van der Waals surface area contributed by atoms with Gasteiger partial charge in [0, 0.05) is 11.3 Å². The maximum absolute atomic E-state index is 14.0. The van der Waals surface area contributed by atoms with Gasteiger partial charge >= 0.3 is 6.09 Å². The van der Waals surface area contributed by atoms with Gasteiger partial charge in [0.1, 0.15) is 11.4 Å². The lowest BCUT2D eigenvalue weighted by Crippen LogP contribution is -2.27. The van der Waals surface area contributed by atoms with Crippen LogP contribution in [0.2, 0.25) is 0 Å². The van der Waals surface area contributed by atoms with E-state index >= 15 is 0 Å². The lowest BCUT2D eigenvalue weighted by atomic mass is 9.85. The van der Waals surface area contributed by atoms with Crippen molar-refractivity contribution in [2.24, 2.45) is 0 Å². The van der Waals surface area contributed by atoms with E-state index in [1.807, 2.05) is 0 Å². The molecule has 20 heavy (non-hydrogen) atoms. The molecule has 0 atom stereocenters. The Kier molecular flexibility index (Phi) is 4.44. The fourth-order valence-corrected chi connectivity index (χ4v) is 1.60. The van der Waals surface area contributed by atoms with Crippen LogP contribution in [0.15, 0.2) is 18.2 Å². The van der Waals surface area contributed by atoms with Gasteiger partial charge < -0.3 is 4.74 Å². The molecule has 1 amide bonds. The molecule has 0 aliphatic carbocycles. The highest BCUT2D eigenvalue weighted by atomic mass is 19.1. The zero-order valence-corrected chi connectivity index (χ0v) is 12.5. The summed E-state index contributed by atoms with van der Waals surface area (Å²) >= 11 is 0. The molecule has 108 valence electrons. The van der Waals surface area contributed by atoms with Crippen LogP contribution in [0.5, 0.6) is 0 Å². The average molecular weight is 277 g/mol. The zero-order valence-electron chi connectivity index (χ0n) is 12.5. The Hall–Kier alpha value is -2.02. The Bertz CT molecular complexity index is 551. The number of rotatable bonds is 2. The molecule has 0 fully saturated rings. The van der Waals surface area contributed by atoms with E-state index in [2.05, 4.69) is 11.2 Å². The standard InChI is InChI=1S/C16H20FNO2/c1-7-16(5,6)12-9-8-11(10-13(12)17)18-14(19)20-15(2,3)4/h1,8-10H,2-6H3,(H,18,19). The molecule has 0 saturated carbocycles. The second kappa shape index (κ2) is 5.54. The number of hydrogen-bond acceptors (Lipinski definition) is 2. The topological polar surface area (TPSA) is 38.3 Å². The van der Waals surface area contributed by atoms with Crippen LogP contribution in [0.1, 0.15) is 40.2 Å². The van der Waals surface area contributed by atoms with E-state index in [1.165, 1.54) is 6.07 Å². The highest BCUT2D eigenvalue weighted by molar-refractivity contribution is 5.84. The number of carbonyl (C=O) groups excluding carboxylic acids is 1. The van der Waals surface area contributed by atoms with Crippen molar-refractivity contribution in [3.63, 3.8) is 0 Å². The minimum Gasteiger partial charge on any atom is -0.444 e. The normalized spacial score (nSPS) is 11.7. The van der Waals surface area contributed by atoms with Gasteiger partial charge in [-0.1, -0.05) is 12.0 Å². The molecule has 4 heteroatoms. The average Bonchev–Trinajstić information content (AvgIpc) is 2.25. The number of amides is 1. The van der Waals surface area contributed by atoms with Crippen LogP contribution in [0.4, 0.5) is 14.9 Å². The second-order valence-electron chi connectivity index (χ2n) is 6.09. The van der Waals surface area contributed by atoms with Gasteiger partial charge in [-0.05, 0) is 46.8 Å². The first-order valence-electron chi connectivity index (χ1n) is 6.33. The summed E-state index contributed by atoms with van der Waals surface area (Å²) in [6.07, 6.45) is 4.76. The number of terminal acetylenes is 1. The van der Waals surface area contributed by atoms with Crippen LogP contribution in [0.3, 0.4) is 0 Å². The smallest absolute Gasteiger partial charge is 0.412 e. The van der Waals surface area contributed by atoms with Crippen LogP contribution in [-0.4, -0.2) is 11.7 Å². The van der Waals surface area contributed by atoms with Crippen LogP contribution >= 0.6 is 0 Å². The van der Waals surface area contributed by atoms with Crippen molar-refractivity contribution < 1.29 is 13.9 Å². The molecule has 0 aliphatic rings. The van der Waals surface area contributed by atoms with Gasteiger partial charge in [-0.3, -0.25) is 5.32 Å². The van der Waals surface area contributed by atoms with Gasteiger partial charge in [0.25, 0.3) is 0 Å². The third kappa shape index (κ3) is 4.27. The van der Waals surface area contributed by atoms with E-state index in [1.54, 1.807) is 46.8 Å². The summed E-state index contributed by atoms with van der Waals surface area (Å²) in [7, 11) is 0. The summed E-state index contributed by atoms with van der Waals surface area (Å²) in [6.45, 7) is 8.78. The Balaban J connectivity index is 2.90. The molecule has 0 aromatic heterocycles. The monoisotopic (exact) mass is 277 g/mol. The van der Waals surface area contributed by atoms with Gasteiger partial charge in [0.05, 0.1) is 5.41 Å². The number of hydrogen-bond donors (Lipinski definition) is 1. The summed E-state index contributed by atoms with van der Waals surface area (Å²) in [5, 5.41) is 2.48. The maximum atomic E-state index is 14.0. The van der Waals surface area contributed by atoms with E-state index < -0.39 is 22.9 Å². The highest BCUT2D eigenvalue weighted by Crippen LogP contribution is 2.27. The van der Waals surface area contributed by atoms with Crippen molar-refractivity contribution >= 4 is 11.8 Å². The molecule has 0 heterocycles. The van der Waals surface area contributed by atoms with Crippen molar-refractivity contribution in [3.8, 4) is 12.3 Å². The molecule has 1 aromatic carbocycles. The SMILES string of the molecule is C#CC(C)(C)c1ccc(NC(=O)OC(C)(C)C)cc1F. The van der Waals surface area contributed by atoms with Crippen molar-refractivity contribution in [3.05, 3.63) is 29.6 Å². The van der Waals surface area contributed by atoms with Crippen LogP contribution < -0.4 is 5.32 Å². The van der Waals surface area contributed by atoms with E-state index in [4.69, 9.17) is 11.2 Å². The summed E-state index contributed by atoms with van der Waals surface area (Å²) < 4.78 is 19.1. The zero-order chi connectivity index (χ0) is 15.6. The third-order valence-electron chi connectivity index (χ3n) is 2.65. The maximum Gasteiger partial charge on any atom is 0.412 e. The minimum absolute atomic E-state index is 0.327. The molecular weight excluding hydrogens is 257 g/mol. The first kappa shape index (κ1) is 16.0. The van der Waals surface area contributed by atoms with Gasteiger partial charge in [-0.2, -0.15) is 0 Å². The van der Waals surface area contributed by atoms with Crippen molar-refractivity contribution in [2.75, 3.05) is 5.32 Å². The molecule has 1 aromatic rings. The molecule has 0 unspecified atom stereocenters. The van der Waals surface area contributed by atoms with Crippen LogP contribution in [-0.2, 0) is 10.2 Å². The van der Waals surface area contributed by atoms with Gasteiger partial charge in [-0.25, -0.2) is 9.18 Å². The summed E-state index contributed by atoms with van der Waals surface area (Å²) in [6, 6.07) is 4.40. The molecule has 0 bridgehead atoms. The summed E-state index contributed by atoms with van der Waals surface area (Å²) in [5.74, 6) is 2.08. The largest absolute Gasteiger partial charge is 0.444 e. The van der Waals surface area contributed by atoms with Crippen molar-refractivity contribution in [1.82, 2.24) is 0 Å². The van der Waals surface area contributed by atoms with Crippen molar-refractivity contribution in [2.45, 2.75) is 45.6 Å². The van der Waals surface area contributed by atoms with Crippen molar-refractivity contribution in [1.29, 1.82) is 0 Å². The van der Waals surface area contributed by atoms with Gasteiger partial charge in [0.15, 0.2) is 0 Å². The number of anilines is 1. The second-order valence-corrected chi connectivity index (χ2v) is 6.09. The predicted molar refractivity (Wildman–Crippen MR) is 78.1 cm³/mol. The Morgan fingerprint density at radius 1 is 1.30 bits per heavy atom.